The molecule has 1 saturated carbocycles. The molecule has 0 atom stereocenters. The molecule has 128 valence electrons. The molecule has 6 nitrogen and oxygen atoms in total. The number of pyridine rings is 1. The average Bonchev–Trinajstić information content (AvgIpc) is 2.48. The summed E-state index contributed by atoms with van der Waals surface area (Å²) in [6, 6.07) is 3.52. The van der Waals surface area contributed by atoms with E-state index < -0.39 is 11.7 Å². The minimum absolute atomic E-state index is 0.147. The van der Waals surface area contributed by atoms with E-state index in [9.17, 15) is 9.59 Å². The molecule has 1 amide bonds. The van der Waals surface area contributed by atoms with Crippen LogP contribution < -0.4 is 10.9 Å². The lowest BCUT2D eigenvalue weighted by Crippen LogP contribution is -2.33. The van der Waals surface area contributed by atoms with E-state index in [0.29, 0.717) is 0 Å². The summed E-state index contributed by atoms with van der Waals surface area (Å²) in [7, 11) is 1.72. The summed E-state index contributed by atoms with van der Waals surface area (Å²) < 4.78 is 12.3. The lowest BCUT2D eigenvalue weighted by atomic mass is 9.92. The number of hydrogen-bond donors (Lipinski definition) is 1. The highest BCUT2D eigenvalue weighted by atomic mass is 16.6. The maximum Gasteiger partial charge on any atom is 0.412 e. The first kappa shape index (κ1) is 17.5. The number of carbonyl (C=O) groups excluding carboxylic acids is 1. The molecule has 0 bridgehead atoms. The van der Waals surface area contributed by atoms with Crippen molar-refractivity contribution in [3.63, 3.8) is 0 Å². The van der Waals surface area contributed by atoms with Gasteiger partial charge in [-0.25, -0.2) is 4.79 Å². The van der Waals surface area contributed by atoms with Gasteiger partial charge in [-0.05, 0) is 58.6 Å². The van der Waals surface area contributed by atoms with E-state index in [1.54, 1.807) is 50.8 Å². The highest BCUT2D eigenvalue weighted by molar-refractivity contribution is 5.84. The molecule has 0 aliphatic heterocycles. The summed E-state index contributed by atoms with van der Waals surface area (Å²) in [6.45, 7) is 5.35. The Bertz CT molecular complexity index is 595. The van der Waals surface area contributed by atoms with E-state index in [1.165, 1.54) is 0 Å². The molecule has 0 saturated heterocycles. The van der Waals surface area contributed by atoms with Crippen LogP contribution in [0, 0.1) is 0 Å². The molecular weight excluding hydrogens is 296 g/mol. The highest BCUT2D eigenvalue weighted by Crippen LogP contribution is 2.28. The third kappa shape index (κ3) is 4.82. The smallest absolute Gasteiger partial charge is 0.412 e. The quantitative estimate of drug-likeness (QED) is 0.927. The molecule has 0 unspecified atom stereocenters. The van der Waals surface area contributed by atoms with Gasteiger partial charge in [-0.3, -0.25) is 10.1 Å². The molecule has 1 aliphatic carbocycles. The van der Waals surface area contributed by atoms with Gasteiger partial charge >= 0.3 is 6.09 Å². The first-order valence-corrected chi connectivity index (χ1v) is 8.04. The lowest BCUT2D eigenvalue weighted by Gasteiger charge is -2.29. The summed E-state index contributed by atoms with van der Waals surface area (Å²) in [4.78, 5) is 24.4. The maximum absolute atomic E-state index is 12.6. The normalized spacial score (nSPS) is 21.7. The summed E-state index contributed by atoms with van der Waals surface area (Å²) in [5.74, 6) is 0. The van der Waals surface area contributed by atoms with Crippen LogP contribution in [0.5, 0.6) is 0 Å². The van der Waals surface area contributed by atoms with Crippen molar-refractivity contribution in [2.45, 2.75) is 64.2 Å². The molecule has 0 aromatic carbocycles. The Morgan fingerprint density at radius 2 is 1.91 bits per heavy atom. The SMILES string of the molecule is COC1CCC(n2cccc(NC(=O)OC(C)(C)C)c2=O)CC1. The van der Waals surface area contributed by atoms with Crippen molar-refractivity contribution in [3.05, 3.63) is 28.7 Å². The monoisotopic (exact) mass is 322 g/mol. The molecule has 0 radical (unpaired) electrons. The van der Waals surface area contributed by atoms with E-state index in [1.807, 2.05) is 0 Å². The summed E-state index contributed by atoms with van der Waals surface area (Å²) in [6.07, 6.45) is 5.12. The van der Waals surface area contributed by atoms with Crippen LogP contribution in [0.3, 0.4) is 0 Å². The number of hydrogen-bond acceptors (Lipinski definition) is 4. The number of carbonyl (C=O) groups is 1. The summed E-state index contributed by atoms with van der Waals surface area (Å²) >= 11 is 0. The van der Waals surface area contributed by atoms with Crippen LogP contribution in [0.25, 0.3) is 0 Å². The van der Waals surface area contributed by atoms with Gasteiger partial charge < -0.3 is 14.0 Å². The Kier molecular flexibility index (Phi) is 5.46. The first-order chi connectivity index (χ1) is 10.8. The number of rotatable bonds is 3. The maximum atomic E-state index is 12.6. The Balaban J connectivity index is 2.10. The van der Waals surface area contributed by atoms with Crippen molar-refractivity contribution in [1.82, 2.24) is 4.57 Å². The van der Waals surface area contributed by atoms with Gasteiger partial charge in [0.2, 0.25) is 0 Å². The number of anilines is 1. The summed E-state index contributed by atoms with van der Waals surface area (Å²) in [5.41, 5.74) is -0.550. The molecule has 1 aromatic heterocycles. The summed E-state index contributed by atoms with van der Waals surface area (Å²) in [5, 5.41) is 2.55. The molecule has 1 heterocycles. The van der Waals surface area contributed by atoms with Crippen LogP contribution >= 0.6 is 0 Å². The molecule has 1 aromatic rings. The van der Waals surface area contributed by atoms with Gasteiger partial charge in [0, 0.05) is 19.3 Å². The number of amides is 1. The fraction of sp³-hybridized carbons (Fsp3) is 0.647. The Morgan fingerprint density at radius 3 is 2.48 bits per heavy atom. The number of nitrogens with one attached hydrogen (secondary N) is 1. The minimum Gasteiger partial charge on any atom is -0.444 e. The standard InChI is InChI=1S/C17H26N2O4/c1-17(2,3)23-16(21)18-14-6-5-11-19(15(14)20)12-7-9-13(22-4)10-8-12/h5-6,11-13H,7-10H2,1-4H3,(H,18,21). The van der Waals surface area contributed by atoms with Crippen LogP contribution in [0.15, 0.2) is 23.1 Å². The van der Waals surface area contributed by atoms with Gasteiger partial charge in [-0.1, -0.05) is 0 Å². The topological polar surface area (TPSA) is 69.6 Å². The van der Waals surface area contributed by atoms with Crippen LogP contribution in [0.1, 0.15) is 52.5 Å². The second kappa shape index (κ2) is 7.17. The van der Waals surface area contributed by atoms with E-state index in [0.717, 1.165) is 25.7 Å². The van der Waals surface area contributed by atoms with E-state index >= 15 is 0 Å². The number of nitrogens with zero attached hydrogens (tertiary/aromatic N) is 1. The second-order valence-corrected chi connectivity index (χ2v) is 6.93. The zero-order valence-electron chi connectivity index (χ0n) is 14.3. The van der Waals surface area contributed by atoms with Gasteiger partial charge in [0.15, 0.2) is 0 Å². The third-order valence-electron chi connectivity index (χ3n) is 3.98. The lowest BCUT2D eigenvalue weighted by molar-refractivity contribution is 0.0580. The Hall–Kier alpha value is -1.82. The third-order valence-corrected chi connectivity index (χ3v) is 3.98. The Morgan fingerprint density at radius 1 is 1.26 bits per heavy atom. The van der Waals surface area contributed by atoms with Gasteiger partial charge in [-0.2, -0.15) is 0 Å². The fourth-order valence-electron chi connectivity index (χ4n) is 2.87. The molecule has 6 heteroatoms. The highest BCUT2D eigenvalue weighted by Gasteiger charge is 2.24. The first-order valence-electron chi connectivity index (χ1n) is 8.04. The van der Waals surface area contributed by atoms with Gasteiger partial charge in [0.25, 0.3) is 5.56 Å². The minimum atomic E-state index is -0.615. The van der Waals surface area contributed by atoms with Crippen molar-refractivity contribution < 1.29 is 14.3 Å². The zero-order valence-corrected chi connectivity index (χ0v) is 14.3. The van der Waals surface area contributed by atoms with Crippen LogP contribution in [-0.4, -0.2) is 29.5 Å². The molecule has 2 rings (SSSR count). The average molecular weight is 322 g/mol. The molecule has 23 heavy (non-hydrogen) atoms. The largest absolute Gasteiger partial charge is 0.444 e. The van der Waals surface area contributed by atoms with Gasteiger partial charge in [-0.15, -0.1) is 0 Å². The predicted octanol–water partition coefficient (Wildman–Crippen LogP) is 3.33. The van der Waals surface area contributed by atoms with E-state index in [2.05, 4.69) is 5.32 Å². The molecular formula is C17H26N2O4. The van der Waals surface area contributed by atoms with Crippen LogP contribution in [0.2, 0.25) is 0 Å². The van der Waals surface area contributed by atoms with E-state index in [4.69, 9.17) is 9.47 Å². The van der Waals surface area contributed by atoms with Crippen molar-refractivity contribution in [2.24, 2.45) is 0 Å². The molecule has 0 spiro atoms. The zero-order chi connectivity index (χ0) is 17.0. The Labute approximate surface area is 136 Å². The van der Waals surface area contributed by atoms with Gasteiger partial charge in [0.1, 0.15) is 11.3 Å². The van der Waals surface area contributed by atoms with Crippen molar-refractivity contribution in [2.75, 3.05) is 12.4 Å². The fourth-order valence-corrected chi connectivity index (χ4v) is 2.87. The van der Waals surface area contributed by atoms with Crippen LogP contribution in [0.4, 0.5) is 10.5 Å². The number of methoxy groups -OCH3 is 1. The van der Waals surface area contributed by atoms with Crippen molar-refractivity contribution in [3.8, 4) is 0 Å². The number of aromatic nitrogens is 1. The van der Waals surface area contributed by atoms with Crippen LogP contribution in [-0.2, 0) is 9.47 Å². The molecule has 1 aliphatic rings. The predicted molar refractivity (Wildman–Crippen MR) is 88.9 cm³/mol. The molecule has 1 N–H and O–H groups in total. The van der Waals surface area contributed by atoms with Crippen molar-refractivity contribution in [1.29, 1.82) is 0 Å². The molecule has 1 fully saturated rings. The second-order valence-electron chi connectivity index (χ2n) is 6.93. The van der Waals surface area contributed by atoms with Gasteiger partial charge in [0.05, 0.1) is 6.10 Å². The number of ether oxygens (including phenoxy) is 2. The van der Waals surface area contributed by atoms with Crippen molar-refractivity contribution >= 4 is 11.8 Å². The van der Waals surface area contributed by atoms with E-state index in [-0.39, 0.29) is 23.4 Å².